The minimum absolute atomic E-state index is 0.334. The quantitative estimate of drug-likeness (QED) is 0.453. The fraction of sp³-hybridized carbons (Fsp3) is 0.400. The number of piperidine rings is 1. The van der Waals surface area contributed by atoms with E-state index in [4.69, 9.17) is 34.8 Å². The molecule has 0 unspecified atom stereocenters. The van der Waals surface area contributed by atoms with E-state index in [1.54, 1.807) is 12.1 Å². The van der Waals surface area contributed by atoms with E-state index >= 15 is 0 Å². The highest BCUT2D eigenvalue weighted by Gasteiger charge is 2.22. The first kappa shape index (κ1) is 20.5. The Bertz CT molecular complexity index is 1010. The third-order valence-corrected chi connectivity index (χ3v) is 5.82. The Balaban J connectivity index is 1.45. The Hall–Kier alpha value is -1.73. The van der Waals surface area contributed by atoms with E-state index in [1.165, 1.54) is 0 Å². The summed E-state index contributed by atoms with van der Waals surface area (Å²) in [6.07, 6.45) is 2.19. The molecule has 0 radical (unpaired) electrons. The lowest BCUT2D eigenvalue weighted by molar-refractivity contribution is 0.419. The van der Waals surface area contributed by atoms with Crippen molar-refractivity contribution in [3.05, 3.63) is 45.0 Å². The summed E-state index contributed by atoms with van der Waals surface area (Å²) in [7, 11) is 0. The van der Waals surface area contributed by atoms with Gasteiger partial charge >= 0.3 is 0 Å². The van der Waals surface area contributed by atoms with Crippen LogP contribution in [-0.2, 0) is 6.54 Å². The van der Waals surface area contributed by atoms with E-state index in [0.29, 0.717) is 33.4 Å². The van der Waals surface area contributed by atoms with Crippen LogP contribution in [0.2, 0.25) is 15.2 Å². The van der Waals surface area contributed by atoms with Crippen molar-refractivity contribution in [3.8, 4) is 0 Å². The monoisotopic (exact) mass is 452 g/mol. The molecule has 1 aliphatic rings. The molecule has 9 heteroatoms. The SMILES string of the molecule is CCNc1c(Cl)cc(Cl)cc1CN[C@H]1CCCN(c2nc3nc(Cl)ccc3[nH]2)C1. The number of rotatable bonds is 6. The second kappa shape index (κ2) is 8.96. The molecular formula is C20H23Cl3N6. The predicted octanol–water partition coefficient (Wildman–Crippen LogP) is 5.11. The summed E-state index contributed by atoms with van der Waals surface area (Å²) in [5.41, 5.74) is 3.55. The third kappa shape index (κ3) is 4.72. The number of aromatic nitrogens is 3. The van der Waals surface area contributed by atoms with Gasteiger partial charge in [0.05, 0.1) is 16.2 Å². The summed E-state index contributed by atoms with van der Waals surface area (Å²) in [6.45, 7) is 5.36. The van der Waals surface area contributed by atoms with Crippen molar-refractivity contribution in [2.45, 2.75) is 32.4 Å². The molecule has 0 bridgehead atoms. The second-order valence-corrected chi connectivity index (χ2v) is 8.41. The average molecular weight is 454 g/mol. The summed E-state index contributed by atoms with van der Waals surface area (Å²) in [5.74, 6) is 0.834. The highest BCUT2D eigenvalue weighted by Crippen LogP contribution is 2.30. The molecule has 0 aliphatic carbocycles. The maximum absolute atomic E-state index is 6.38. The summed E-state index contributed by atoms with van der Waals surface area (Å²) < 4.78 is 0. The molecule has 6 nitrogen and oxygen atoms in total. The molecule has 3 aromatic rings. The highest BCUT2D eigenvalue weighted by atomic mass is 35.5. The molecule has 3 N–H and O–H groups in total. The molecule has 1 saturated heterocycles. The summed E-state index contributed by atoms with van der Waals surface area (Å²) in [5, 5.41) is 8.74. The summed E-state index contributed by atoms with van der Waals surface area (Å²) >= 11 is 18.6. The van der Waals surface area contributed by atoms with Crippen LogP contribution in [0.4, 0.5) is 11.6 Å². The fourth-order valence-electron chi connectivity index (χ4n) is 3.74. The number of benzene rings is 1. The number of H-pyrrole nitrogens is 1. The van der Waals surface area contributed by atoms with Gasteiger partial charge in [0.25, 0.3) is 0 Å². The number of nitrogens with one attached hydrogen (secondary N) is 3. The maximum atomic E-state index is 6.38. The molecule has 1 aromatic carbocycles. The van der Waals surface area contributed by atoms with Crippen LogP contribution < -0.4 is 15.5 Å². The molecule has 1 aliphatic heterocycles. The summed E-state index contributed by atoms with van der Waals surface area (Å²) in [6, 6.07) is 7.75. The zero-order valence-electron chi connectivity index (χ0n) is 16.1. The van der Waals surface area contributed by atoms with Gasteiger partial charge in [0.2, 0.25) is 5.95 Å². The van der Waals surface area contributed by atoms with E-state index in [1.807, 2.05) is 12.1 Å². The number of anilines is 2. The van der Waals surface area contributed by atoms with Crippen LogP contribution in [0.5, 0.6) is 0 Å². The lowest BCUT2D eigenvalue weighted by Gasteiger charge is -2.33. The van der Waals surface area contributed by atoms with Gasteiger partial charge in [-0.25, -0.2) is 4.98 Å². The molecule has 3 heterocycles. The number of pyridine rings is 1. The van der Waals surface area contributed by atoms with Gasteiger partial charge in [0.15, 0.2) is 5.65 Å². The molecule has 4 rings (SSSR count). The van der Waals surface area contributed by atoms with Crippen LogP contribution in [-0.4, -0.2) is 40.6 Å². The Morgan fingerprint density at radius 3 is 2.90 bits per heavy atom. The fourth-order valence-corrected chi connectivity index (χ4v) is 4.48. The summed E-state index contributed by atoms with van der Waals surface area (Å²) in [4.78, 5) is 14.5. The maximum Gasteiger partial charge on any atom is 0.205 e. The van der Waals surface area contributed by atoms with Gasteiger partial charge in [-0.15, -0.1) is 0 Å². The van der Waals surface area contributed by atoms with Crippen molar-refractivity contribution in [3.63, 3.8) is 0 Å². The van der Waals surface area contributed by atoms with Gasteiger partial charge < -0.3 is 20.5 Å². The predicted molar refractivity (Wildman–Crippen MR) is 122 cm³/mol. The van der Waals surface area contributed by atoms with Gasteiger partial charge in [0.1, 0.15) is 5.15 Å². The van der Waals surface area contributed by atoms with Crippen LogP contribution in [0.3, 0.4) is 0 Å². The topological polar surface area (TPSA) is 68.9 Å². The normalized spacial score (nSPS) is 17.1. The average Bonchev–Trinajstić information content (AvgIpc) is 3.12. The third-order valence-electron chi connectivity index (χ3n) is 5.09. The molecule has 29 heavy (non-hydrogen) atoms. The highest BCUT2D eigenvalue weighted by molar-refractivity contribution is 6.36. The second-order valence-electron chi connectivity index (χ2n) is 7.18. The molecule has 0 amide bonds. The first-order valence-corrected chi connectivity index (χ1v) is 10.9. The number of imidazole rings is 1. The number of hydrogen-bond acceptors (Lipinski definition) is 5. The Morgan fingerprint density at radius 2 is 2.07 bits per heavy atom. The van der Waals surface area contributed by atoms with Gasteiger partial charge in [-0.3, -0.25) is 0 Å². The Kier molecular flexibility index (Phi) is 6.35. The molecule has 2 aromatic heterocycles. The van der Waals surface area contributed by atoms with Crippen LogP contribution in [0.25, 0.3) is 11.2 Å². The number of hydrogen-bond donors (Lipinski definition) is 3. The van der Waals surface area contributed by atoms with Gasteiger partial charge in [-0.1, -0.05) is 34.8 Å². The Labute approximate surface area is 185 Å². The first-order valence-electron chi connectivity index (χ1n) is 9.76. The molecule has 1 fully saturated rings. The largest absolute Gasteiger partial charge is 0.384 e. The number of fused-ring (bicyclic) bond motifs is 1. The zero-order valence-corrected chi connectivity index (χ0v) is 18.4. The molecule has 1 atom stereocenters. The van der Waals surface area contributed by atoms with Crippen LogP contribution in [0, 0.1) is 0 Å². The van der Waals surface area contributed by atoms with E-state index < -0.39 is 0 Å². The van der Waals surface area contributed by atoms with Crippen molar-refractivity contribution in [2.24, 2.45) is 0 Å². The lowest BCUT2D eigenvalue weighted by Crippen LogP contribution is -2.46. The van der Waals surface area contributed by atoms with Crippen molar-refractivity contribution in [1.82, 2.24) is 20.3 Å². The lowest BCUT2D eigenvalue weighted by atomic mass is 10.1. The smallest absolute Gasteiger partial charge is 0.205 e. The van der Waals surface area contributed by atoms with Crippen LogP contribution >= 0.6 is 34.8 Å². The standard InChI is InChI=1S/C20H23Cl3N6/c1-2-24-18-12(8-13(21)9-15(18)22)10-25-14-4-3-7-29(11-14)20-26-16-5-6-17(23)27-19(16)28-20/h5-6,8-9,14,24-25H,2-4,7,10-11H2,1H3,(H,26,27,28)/t14-/m0/s1. The van der Waals surface area contributed by atoms with Crippen molar-refractivity contribution < 1.29 is 0 Å². The van der Waals surface area contributed by atoms with Crippen molar-refractivity contribution >= 4 is 57.6 Å². The Morgan fingerprint density at radius 1 is 1.21 bits per heavy atom. The van der Waals surface area contributed by atoms with Gasteiger partial charge in [-0.05, 0) is 49.6 Å². The van der Waals surface area contributed by atoms with Crippen LogP contribution in [0.1, 0.15) is 25.3 Å². The minimum Gasteiger partial charge on any atom is -0.384 e. The number of aromatic amines is 1. The van der Waals surface area contributed by atoms with Gasteiger partial charge in [-0.2, -0.15) is 4.98 Å². The van der Waals surface area contributed by atoms with E-state index in [2.05, 4.69) is 37.4 Å². The molecule has 0 saturated carbocycles. The molecule has 154 valence electrons. The van der Waals surface area contributed by atoms with Crippen LogP contribution in [0.15, 0.2) is 24.3 Å². The van der Waals surface area contributed by atoms with E-state index in [-0.39, 0.29) is 0 Å². The van der Waals surface area contributed by atoms with E-state index in [9.17, 15) is 0 Å². The van der Waals surface area contributed by atoms with Crippen molar-refractivity contribution in [2.75, 3.05) is 29.9 Å². The molecule has 0 spiro atoms. The zero-order chi connectivity index (χ0) is 20.4. The van der Waals surface area contributed by atoms with Crippen molar-refractivity contribution in [1.29, 1.82) is 0 Å². The number of nitrogens with zero attached hydrogens (tertiary/aromatic N) is 3. The number of halogens is 3. The molecular weight excluding hydrogens is 431 g/mol. The van der Waals surface area contributed by atoms with Gasteiger partial charge in [0, 0.05) is 37.2 Å². The first-order chi connectivity index (χ1) is 14.0. The minimum atomic E-state index is 0.334. The van der Waals surface area contributed by atoms with E-state index in [0.717, 1.165) is 55.2 Å².